The number of hydrogen-bond acceptors (Lipinski definition) is 3. The Bertz CT molecular complexity index is 763. The van der Waals surface area contributed by atoms with Gasteiger partial charge in [-0.3, -0.25) is 4.79 Å². The lowest BCUT2D eigenvalue weighted by molar-refractivity contribution is 0.0913. The minimum atomic E-state index is -0.741. The Labute approximate surface area is 123 Å². The third-order valence-electron chi connectivity index (χ3n) is 3.72. The maximum absolute atomic E-state index is 12.3. The Morgan fingerprint density at radius 1 is 1.33 bits per heavy atom. The highest BCUT2D eigenvalue weighted by Gasteiger charge is 2.27. The van der Waals surface area contributed by atoms with Crippen molar-refractivity contribution in [3.63, 3.8) is 0 Å². The largest absolute Gasteiger partial charge is 0.422 e. The maximum atomic E-state index is 12.3. The summed E-state index contributed by atoms with van der Waals surface area (Å²) in [5, 5.41) is 3.46. The van der Waals surface area contributed by atoms with E-state index in [4.69, 9.17) is 10.8 Å². The molecule has 4 heteroatoms. The van der Waals surface area contributed by atoms with E-state index in [0.717, 1.165) is 0 Å². The van der Waals surface area contributed by atoms with Crippen LogP contribution >= 0.6 is 0 Å². The van der Waals surface area contributed by atoms with Crippen molar-refractivity contribution < 1.29 is 9.21 Å². The zero-order valence-corrected chi connectivity index (χ0v) is 12.1. The molecule has 0 unspecified atom stereocenters. The molecule has 0 saturated carbocycles. The minimum absolute atomic E-state index is 0.0322. The summed E-state index contributed by atoms with van der Waals surface area (Å²) in [6, 6.07) is 8.57. The Balaban J connectivity index is 2.42. The SMILES string of the molecule is C#CC(CC)(CC)NC(=O)c1cc2ccccc2oc1=O. The fourth-order valence-corrected chi connectivity index (χ4v) is 2.17. The number of carbonyl (C=O) groups is 1. The van der Waals surface area contributed by atoms with E-state index in [-0.39, 0.29) is 5.56 Å². The van der Waals surface area contributed by atoms with Crippen LogP contribution in [0.3, 0.4) is 0 Å². The molecule has 0 aliphatic rings. The molecule has 1 aromatic carbocycles. The molecular formula is C17H17NO3. The lowest BCUT2D eigenvalue weighted by Crippen LogP contribution is -2.47. The molecule has 108 valence electrons. The Morgan fingerprint density at radius 3 is 2.62 bits per heavy atom. The second kappa shape index (κ2) is 5.84. The lowest BCUT2D eigenvalue weighted by Gasteiger charge is -2.26. The molecule has 2 aromatic rings. The van der Waals surface area contributed by atoms with Gasteiger partial charge in [-0.15, -0.1) is 6.42 Å². The topological polar surface area (TPSA) is 59.3 Å². The van der Waals surface area contributed by atoms with Crippen LogP contribution in [0, 0.1) is 12.3 Å². The van der Waals surface area contributed by atoms with Crippen molar-refractivity contribution in [1.29, 1.82) is 0 Å². The van der Waals surface area contributed by atoms with Crippen LogP contribution in [0.25, 0.3) is 11.0 Å². The number of carbonyl (C=O) groups excluding carboxylic acids is 1. The van der Waals surface area contributed by atoms with Crippen LogP contribution in [0.2, 0.25) is 0 Å². The quantitative estimate of drug-likeness (QED) is 0.693. The monoisotopic (exact) mass is 283 g/mol. The third-order valence-corrected chi connectivity index (χ3v) is 3.72. The molecule has 0 bridgehead atoms. The van der Waals surface area contributed by atoms with Crippen molar-refractivity contribution in [3.05, 3.63) is 46.3 Å². The number of terminal acetylenes is 1. The first-order chi connectivity index (χ1) is 10.0. The van der Waals surface area contributed by atoms with Crippen LogP contribution in [-0.2, 0) is 0 Å². The molecule has 0 radical (unpaired) electrons. The highest BCUT2D eigenvalue weighted by molar-refractivity contribution is 5.97. The van der Waals surface area contributed by atoms with Gasteiger partial charge in [-0.1, -0.05) is 38.0 Å². The predicted octanol–water partition coefficient (Wildman–Crippen LogP) is 2.71. The summed E-state index contributed by atoms with van der Waals surface area (Å²) in [7, 11) is 0. The van der Waals surface area contributed by atoms with Gasteiger partial charge in [-0.2, -0.15) is 0 Å². The molecule has 1 N–H and O–H groups in total. The smallest absolute Gasteiger partial charge is 0.349 e. The molecule has 0 spiro atoms. The highest BCUT2D eigenvalue weighted by atomic mass is 16.4. The lowest BCUT2D eigenvalue weighted by atomic mass is 9.93. The second-order valence-electron chi connectivity index (χ2n) is 4.87. The van der Waals surface area contributed by atoms with Crippen LogP contribution < -0.4 is 10.9 Å². The molecule has 2 rings (SSSR count). The van der Waals surface area contributed by atoms with Gasteiger partial charge in [0.2, 0.25) is 0 Å². The van der Waals surface area contributed by atoms with Crippen LogP contribution in [0.15, 0.2) is 39.5 Å². The fraction of sp³-hybridized carbons (Fsp3) is 0.294. The molecule has 0 atom stereocenters. The zero-order valence-electron chi connectivity index (χ0n) is 12.1. The van der Waals surface area contributed by atoms with Crippen molar-refractivity contribution in [2.24, 2.45) is 0 Å². The molecule has 21 heavy (non-hydrogen) atoms. The van der Waals surface area contributed by atoms with Gasteiger partial charge in [0.1, 0.15) is 16.7 Å². The zero-order chi connectivity index (χ0) is 15.5. The van der Waals surface area contributed by atoms with Gasteiger partial charge in [0.15, 0.2) is 0 Å². The van der Waals surface area contributed by atoms with Crippen molar-refractivity contribution in [1.82, 2.24) is 5.32 Å². The highest BCUT2D eigenvalue weighted by Crippen LogP contribution is 2.16. The van der Waals surface area contributed by atoms with E-state index in [1.807, 2.05) is 19.9 Å². The Kier molecular flexibility index (Phi) is 4.13. The molecule has 1 amide bonds. The first-order valence-corrected chi connectivity index (χ1v) is 6.88. The van der Waals surface area contributed by atoms with Crippen LogP contribution in [0.4, 0.5) is 0 Å². The normalized spacial score (nSPS) is 11.1. The molecular weight excluding hydrogens is 266 g/mol. The first-order valence-electron chi connectivity index (χ1n) is 6.88. The van der Waals surface area contributed by atoms with E-state index in [0.29, 0.717) is 23.8 Å². The number of fused-ring (bicyclic) bond motifs is 1. The summed E-state index contributed by atoms with van der Waals surface area (Å²) in [6.45, 7) is 3.79. The van der Waals surface area contributed by atoms with Crippen LogP contribution in [0.5, 0.6) is 0 Å². The number of rotatable bonds is 4. The van der Waals surface area contributed by atoms with E-state index in [1.54, 1.807) is 18.2 Å². The van der Waals surface area contributed by atoms with Crippen molar-refractivity contribution in [3.8, 4) is 12.3 Å². The van der Waals surface area contributed by atoms with Crippen LogP contribution in [0.1, 0.15) is 37.0 Å². The van der Waals surface area contributed by atoms with E-state index >= 15 is 0 Å². The summed E-state index contributed by atoms with van der Waals surface area (Å²) >= 11 is 0. The number of benzene rings is 1. The average Bonchev–Trinajstić information content (AvgIpc) is 2.52. The first kappa shape index (κ1) is 14.9. The number of para-hydroxylation sites is 1. The summed E-state index contributed by atoms with van der Waals surface area (Å²) < 4.78 is 5.16. The van der Waals surface area contributed by atoms with Crippen LogP contribution in [-0.4, -0.2) is 11.4 Å². The maximum Gasteiger partial charge on any atom is 0.349 e. The summed E-state index contributed by atoms with van der Waals surface area (Å²) in [5.41, 5.74) is -0.984. The fourth-order valence-electron chi connectivity index (χ4n) is 2.17. The van der Waals surface area contributed by atoms with Gasteiger partial charge in [0.25, 0.3) is 5.91 Å². The molecule has 1 aromatic heterocycles. The van der Waals surface area contributed by atoms with E-state index in [2.05, 4.69) is 11.2 Å². The van der Waals surface area contributed by atoms with Crippen molar-refractivity contribution in [2.45, 2.75) is 32.2 Å². The molecule has 0 fully saturated rings. The average molecular weight is 283 g/mol. The molecule has 1 heterocycles. The van der Waals surface area contributed by atoms with Crippen molar-refractivity contribution in [2.75, 3.05) is 0 Å². The third kappa shape index (κ3) is 2.82. The van der Waals surface area contributed by atoms with Gasteiger partial charge in [0, 0.05) is 5.39 Å². The van der Waals surface area contributed by atoms with Gasteiger partial charge < -0.3 is 9.73 Å². The molecule has 0 saturated heterocycles. The standard InChI is InChI=1S/C17H17NO3/c1-4-17(5-2,6-3)18-15(19)13-11-12-9-7-8-10-14(12)21-16(13)20/h1,7-11H,5-6H2,2-3H3,(H,18,19). The van der Waals surface area contributed by atoms with Gasteiger partial charge >= 0.3 is 5.63 Å². The molecule has 0 aliphatic heterocycles. The van der Waals surface area contributed by atoms with E-state index in [9.17, 15) is 9.59 Å². The minimum Gasteiger partial charge on any atom is -0.422 e. The van der Waals surface area contributed by atoms with Gasteiger partial charge in [-0.25, -0.2) is 4.79 Å². The number of amides is 1. The summed E-state index contributed by atoms with van der Waals surface area (Å²) in [5.74, 6) is 2.10. The molecule has 4 nitrogen and oxygen atoms in total. The predicted molar refractivity (Wildman–Crippen MR) is 82.1 cm³/mol. The number of hydrogen-bond donors (Lipinski definition) is 1. The Hall–Kier alpha value is -2.54. The Morgan fingerprint density at radius 2 is 2.00 bits per heavy atom. The van der Waals surface area contributed by atoms with E-state index in [1.165, 1.54) is 6.07 Å². The van der Waals surface area contributed by atoms with E-state index < -0.39 is 17.1 Å². The summed E-state index contributed by atoms with van der Waals surface area (Å²) in [6.07, 6.45) is 6.69. The molecule has 0 aliphatic carbocycles. The second-order valence-corrected chi connectivity index (χ2v) is 4.87. The van der Waals surface area contributed by atoms with Gasteiger partial charge in [-0.05, 0) is 25.0 Å². The number of nitrogens with one attached hydrogen (secondary N) is 1. The summed E-state index contributed by atoms with van der Waals surface area (Å²) in [4.78, 5) is 24.3. The van der Waals surface area contributed by atoms with Gasteiger partial charge in [0.05, 0.1) is 0 Å². The van der Waals surface area contributed by atoms with Crippen molar-refractivity contribution >= 4 is 16.9 Å².